The van der Waals surface area contributed by atoms with Crippen LogP contribution in [0.4, 0.5) is 34.1 Å². The molecule has 3 heterocycles. The van der Waals surface area contributed by atoms with E-state index in [2.05, 4.69) is 556 Å². The lowest BCUT2D eigenvalue weighted by Gasteiger charge is -2.40. The van der Waals surface area contributed by atoms with Crippen molar-refractivity contribution in [3.8, 4) is 123 Å². The molecule has 26 aromatic rings. The maximum absolute atomic E-state index is 7.38. The van der Waals surface area contributed by atoms with Gasteiger partial charge in [-0.3, -0.25) is 0 Å². The third kappa shape index (κ3) is 12.6. The van der Waals surface area contributed by atoms with Gasteiger partial charge < -0.3 is 19.3 Å². The highest BCUT2D eigenvalue weighted by atomic mass is 32.1. The van der Waals surface area contributed by atoms with Crippen molar-refractivity contribution in [3.63, 3.8) is 0 Å². The van der Waals surface area contributed by atoms with Crippen molar-refractivity contribution in [2.24, 2.45) is 0 Å². The van der Waals surface area contributed by atoms with Gasteiger partial charge in [0.2, 0.25) is 0 Å². The van der Waals surface area contributed by atoms with Crippen molar-refractivity contribution < 1.29 is 9.47 Å². The largest absolute Gasteiger partial charge is 0.455 e. The van der Waals surface area contributed by atoms with Crippen LogP contribution in [-0.2, 0) is 16.2 Å². The lowest BCUT2D eigenvalue weighted by molar-refractivity contribution is 0.447. The SMILES string of the molecule is c1ccc(-c2ccc(N(c3ccc(-c4ccc5c(c4)C4(c6ccccc6-5)c5ccc6ccccc6c5Oc5c4ccc4ccccc54)cc3)c3ccc4c(c3)C(c3ccccc3)(c3ccccc3)c3ccc(-c5ccc(-c6ccc(N(c7ccc(-c8cccc9c8-c8ccccc8C98c9ccc%10ccccc%10c9Oc9c8ccc8ccccc98)cc7)c7ccc(-c8cccc9c8sc8ccccc89)cc7)cc6)cc5)cc3-4)cc2)cc1. The first-order valence-electron chi connectivity index (χ1n) is 51.9. The quantitative estimate of drug-likeness (QED) is 0.108. The second kappa shape index (κ2) is 33.5. The van der Waals surface area contributed by atoms with Crippen LogP contribution in [0.1, 0.15) is 66.8 Å². The lowest BCUT2D eigenvalue weighted by atomic mass is 9.65. The van der Waals surface area contributed by atoms with Crippen LogP contribution in [0.3, 0.4) is 0 Å². The fourth-order valence-electron chi connectivity index (χ4n) is 26.4. The van der Waals surface area contributed by atoms with Gasteiger partial charge >= 0.3 is 0 Å². The molecular formula is C145H90N2O2S. The van der Waals surface area contributed by atoms with E-state index in [9.17, 15) is 0 Å². The minimum atomic E-state index is -0.708. The van der Waals surface area contributed by atoms with Crippen LogP contribution in [0, 0.1) is 0 Å². The average molecular weight is 1920 g/mol. The molecule has 2 aliphatic heterocycles. The summed E-state index contributed by atoms with van der Waals surface area (Å²) in [4.78, 5) is 4.87. The van der Waals surface area contributed by atoms with Crippen LogP contribution >= 0.6 is 11.3 Å². The molecule has 0 saturated carbocycles. The highest BCUT2D eigenvalue weighted by molar-refractivity contribution is 7.26. The summed E-state index contributed by atoms with van der Waals surface area (Å²) in [5.41, 5.74) is 39.9. The summed E-state index contributed by atoms with van der Waals surface area (Å²) in [5.74, 6) is 3.63. The smallest absolute Gasteiger partial charge is 0.140 e. The van der Waals surface area contributed by atoms with E-state index >= 15 is 0 Å². The molecule has 5 aliphatic rings. The Morgan fingerprint density at radius 2 is 0.467 bits per heavy atom. The zero-order valence-corrected chi connectivity index (χ0v) is 82.4. The van der Waals surface area contributed by atoms with E-state index in [4.69, 9.17) is 9.47 Å². The van der Waals surface area contributed by atoms with Crippen molar-refractivity contribution >= 4 is 109 Å². The number of rotatable bonds is 14. The van der Waals surface area contributed by atoms with Crippen molar-refractivity contribution in [1.82, 2.24) is 0 Å². The van der Waals surface area contributed by atoms with Crippen LogP contribution in [0.2, 0.25) is 0 Å². The van der Waals surface area contributed by atoms with Gasteiger partial charge in [0, 0.05) is 98.1 Å². The molecular weight excluding hydrogens is 1830 g/mol. The molecule has 25 aromatic carbocycles. The van der Waals surface area contributed by atoms with E-state index in [1.807, 2.05) is 11.3 Å². The summed E-state index contributed by atoms with van der Waals surface area (Å²) >= 11 is 1.87. The monoisotopic (exact) mass is 1920 g/mol. The molecule has 698 valence electrons. The first kappa shape index (κ1) is 85.4. The molecule has 1 aromatic heterocycles. The molecule has 0 saturated heterocycles. The molecule has 0 fully saturated rings. The van der Waals surface area contributed by atoms with Gasteiger partial charge in [-0.25, -0.2) is 0 Å². The fraction of sp³-hybridized carbons (Fsp3) is 0.0207. The lowest BCUT2D eigenvalue weighted by Crippen LogP contribution is -2.32. The Bertz CT molecular complexity index is 9840. The van der Waals surface area contributed by atoms with Crippen molar-refractivity contribution in [1.29, 1.82) is 0 Å². The van der Waals surface area contributed by atoms with Crippen LogP contribution in [0.5, 0.6) is 23.0 Å². The summed E-state index contributed by atoms with van der Waals surface area (Å²) < 4.78 is 17.3. The van der Waals surface area contributed by atoms with E-state index in [1.54, 1.807) is 0 Å². The van der Waals surface area contributed by atoms with Crippen molar-refractivity contribution in [3.05, 3.63) is 613 Å². The predicted octanol–water partition coefficient (Wildman–Crippen LogP) is 38.9. The third-order valence-corrected chi connectivity index (χ3v) is 34.3. The van der Waals surface area contributed by atoms with Crippen LogP contribution < -0.4 is 19.3 Å². The number of thiophene rings is 1. The van der Waals surface area contributed by atoms with E-state index in [-0.39, 0.29) is 0 Å². The molecule has 5 heteroatoms. The Morgan fingerprint density at radius 3 is 0.980 bits per heavy atom. The first-order valence-corrected chi connectivity index (χ1v) is 52.7. The second-order valence-electron chi connectivity index (χ2n) is 40.5. The van der Waals surface area contributed by atoms with Gasteiger partial charge in [-0.15, -0.1) is 11.3 Å². The van der Waals surface area contributed by atoms with Crippen molar-refractivity contribution in [2.75, 3.05) is 9.80 Å². The number of nitrogens with zero attached hydrogens (tertiary/aromatic N) is 2. The highest BCUT2D eigenvalue weighted by Gasteiger charge is 2.55. The number of benzene rings is 25. The molecule has 0 atom stereocenters. The molecule has 0 radical (unpaired) electrons. The predicted molar refractivity (Wildman–Crippen MR) is 623 cm³/mol. The van der Waals surface area contributed by atoms with E-state index in [0.29, 0.717) is 0 Å². The maximum Gasteiger partial charge on any atom is 0.140 e. The van der Waals surface area contributed by atoms with Gasteiger partial charge in [0.1, 0.15) is 23.0 Å². The Balaban J connectivity index is 0.498. The summed E-state index contributed by atoms with van der Waals surface area (Å²) in [7, 11) is 0. The first-order chi connectivity index (χ1) is 74.3. The topological polar surface area (TPSA) is 24.9 Å². The molecule has 4 nitrogen and oxygen atoms in total. The maximum atomic E-state index is 7.38. The van der Waals surface area contributed by atoms with E-state index < -0.39 is 16.2 Å². The van der Waals surface area contributed by atoms with E-state index in [0.717, 1.165) is 167 Å². The standard InChI is InChI=1S/C145H90N2O2S/c1-4-26-91(27-5-1)93-54-72-110(73-55-93)147(111-74-58-96(59-75-111)104-64-81-120-119-40-18-21-46-126(119)145(134(120)89-104)132-86-67-99-30-12-16-38-116(99)140(132)149-141-117-39-17-13-31-100(117)68-87-133(141)145)112-80-82-121-125-88-103(69-83-128(125)143(135(121)90-112,105-32-6-2-7-33-105)106-34-8-3-9-35-106)95-52-50-92(51-53-95)94-56-70-107(71-57-94)146(109-78-62-102(63-79-109)118-44-24-45-123-122-41-20-23-49-136(122)150-142(118)123)108-76-60-101(61-77-108)113-43-25-48-129-137(113)124-42-19-22-47-127(124)144(129)130-84-65-97-28-10-14-36-114(97)138(130)148-139-115-37-15-11-29-98(115)66-85-131(139)144/h1-90H. The minimum absolute atomic E-state index is 0.677. The van der Waals surface area contributed by atoms with Gasteiger partial charge in [-0.2, -0.15) is 0 Å². The molecule has 0 amide bonds. The number of hydrogen-bond donors (Lipinski definition) is 0. The molecule has 3 aliphatic carbocycles. The molecule has 0 bridgehead atoms. The Labute approximate surface area is 873 Å². The zero-order valence-electron chi connectivity index (χ0n) is 81.6. The number of fused-ring (bicyclic) bond motifs is 32. The summed E-state index contributed by atoms with van der Waals surface area (Å²) in [5, 5.41) is 11.6. The molecule has 0 N–H and O–H groups in total. The normalized spacial score (nSPS) is 13.5. The Hall–Kier alpha value is -19.0. The highest BCUT2D eigenvalue weighted by Crippen LogP contribution is 2.69. The zero-order chi connectivity index (χ0) is 98.4. The molecule has 0 unspecified atom stereocenters. The third-order valence-electron chi connectivity index (χ3n) is 33.1. The second-order valence-corrected chi connectivity index (χ2v) is 41.6. The molecule has 31 rings (SSSR count). The summed E-state index contributed by atoms with van der Waals surface area (Å²) in [6.45, 7) is 0. The molecule has 2 spiro atoms. The Kier molecular flexibility index (Phi) is 19.1. The fourth-order valence-corrected chi connectivity index (χ4v) is 27.7. The van der Waals surface area contributed by atoms with E-state index in [1.165, 1.54) is 120 Å². The number of hydrogen-bond acceptors (Lipinski definition) is 5. The minimum Gasteiger partial charge on any atom is -0.455 e. The molecule has 150 heavy (non-hydrogen) atoms. The van der Waals surface area contributed by atoms with Gasteiger partial charge in [-0.1, -0.05) is 455 Å². The number of ether oxygens (including phenoxy) is 2. The Morgan fingerprint density at radius 1 is 0.160 bits per heavy atom. The average Bonchev–Trinajstić information content (AvgIpc) is 1.50. The van der Waals surface area contributed by atoms with Crippen LogP contribution in [-0.4, -0.2) is 0 Å². The summed E-state index contributed by atoms with van der Waals surface area (Å²) in [6.07, 6.45) is 0. The van der Waals surface area contributed by atoms with Crippen molar-refractivity contribution in [2.45, 2.75) is 16.2 Å². The van der Waals surface area contributed by atoms with Gasteiger partial charge in [0.15, 0.2) is 0 Å². The van der Waals surface area contributed by atoms with Gasteiger partial charge in [-0.05, 0) is 257 Å². The summed E-state index contributed by atoms with van der Waals surface area (Å²) in [6, 6.07) is 204. The van der Waals surface area contributed by atoms with Crippen LogP contribution in [0.25, 0.3) is 163 Å². The van der Waals surface area contributed by atoms with Crippen LogP contribution in [0.15, 0.2) is 546 Å². The number of anilines is 6. The van der Waals surface area contributed by atoms with Gasteiger partial charge in [0.25, 0.3) is 0 Å². The van der Waals surface area contributed by atoms with Gasteiger partial charge in [0.05, 0.1) is 16.2 Å².